The van der Waals surface area contributed by atoms with Crippen molar-refractivity contribution < 1.29 is 33.0 Å². The Morgan fingerprint density at radius 3 is 2.47 bits per heavy atom. The van der Waals surface area contributed by atoms with Crippen molar-refractivity contribution in [1.29, 1.82) is 0 Å². The van der Waals surface area contributed by atoms with Gasteiger partial charge < -0.3 is 35.8 Å². The first-order valence-electron chi connectivity index (χ1n) is 11.9. The van der Waals surface area contributed by atoms with Crippen molar-refractivity contribution in [3.63, 3.8) is 0 Å². The van der Waals surface area contributed by atoms with Crippen LogP contribution in [0.1, 0.15) is 42.5 Å². The van der Waals surface area contributed by atoms with Crippen LogP contribution in [0.2, 0.25) is 0 Å². The summed E-state index contributed by atoms with van der Waals surface area (Å²) in [4.78, 5) is 29.4. The van der Waals surface area contributed by atoms with Crippen LogP contribution in [0, 0.1) is 0 Å². The van der Waals surface area contributed by atoms with Crippen molar-refractivity contribution in [3.05, 3.63) is 17.7 Å². The molecule has 0 aromatic heterocycles. The minimum Gasteiger partial charge on any atom is -0.496 e. The summed E-state index contributed by atoms with van der Waals surface area (Å²) < 4.78 is 37.8. The Balaban J connectivity index is 0.00000456. The van der Waals surface area contributed by atoms with Gasteiger partial charge in [-0.05, 0) is 45.3 Å². The highest BCUT2D eigenvalue weighted by Crippen LogP contribution is 2.29. The standard InChI is InChI=1S/C23H37N5O6S.H2O/c1-25-35(31,32)21-13-16(19(33-2)14-17(21)24)23(30)26-18-8-12-27(15-20(18)34-3)9-6-7-22(29)28-10-4-5-11-28;/h13-14,18,20,25H,4-12,15,24H2,1-3H3,(H,26,30);1H2. The van der Waals surface area contributed by atoms with Gasteiger partial charge in [-0.15, -0.1) is 0 Å². The van der Waals surface area contributed by atoms with Gasteiger partial charge in [-0.1, -0.05) is 0 Å². The van der Waals surface area contributed by atoms with E-state index in [1.807, 2.05) is 4.90 Å². The van der Waals surface area contributed by atoms with Gasteiger partial charge in [-0.3, -0.25) is 9.59 Å². The van der Waals surface area contributed by atoms with E-state index in [0.717, 1.165) is 45.4 Å². The SMILES string of the molecule is CNS(=O)(=O)c1cc(C(=O)NC2CCN(CCCC(=O)N3CCCC3)CC2OC)c(OC)cc1N.O. The molecule has 2 atom stereocenters. The minimum absolute atomic E-state index is 0. The van der Waals surface area contributed by atoms with E-state index >= 15 is 0 Å². The topological polar surface area (TPSA) is 175 Å². The summed E-state index contributed by atoms with van der Waals surface area (Å²) in [5.74, 6) is -0.0553. The van der Waals surface area contributed by atoms with Crippen LogP contribution in [0.15, 0.2) is 17.0 Å². The summed E-state index contributed by atoms with van der Waals surface area (Å²) in [5.41, 5.74) is 5.95. The zero-order valence-electron chi connectivity index (χ0n) is 21.2. The number of nitrogens with one attached hydrogen (secondary N) is 2. The highest BCUT2D eigenvalue weighted by molar-refractivity contribution is 7.89. The van der Waals surface area contributed by atoms with Gasteiger partial charge in [0.25, 0.3) is 5.91 Å². The van der Waals surface area contributed by atoms with Crippen molar-refractivity contribution in [3.8, 4) is 5.75 Å². The number of anilines is 1. The highest BCUT2D eigenvalue weighted by atomic mass is 32.2. The summed E-state index contributed by atoms with van der Waals surface area (Å²) in [6.45, 7) is 3.91. The molecule has 2 heterocycles. The number of nitrogen functional groups attached to an aromatic ring is 1. The number of carbonyl (C=O) groups is 2. The van der Waals surface area contributed by atoms with E-state index in [1.165, 1.54) is 26.3 Å². The van der Waals surface area contributed by atoms with Gasteiger partial charge in [0.2, 0.25) is 15.9 Å². The lowest BCUT2D eigenvalue weighted by Crippen LogP contribution is -2.55. The Bertz CT molecular complexity index is 1010. The molecule has 0 saturated carbocycles. The predicted octanol–water partition coefficient (Wildman–Crippen LogP) is -0.417. The van der Waals surface area contributed by atoms with Crippen LogP contribution in [0.4, 0.5) is 5.69 Å². The number of nitrogens with two attached hydrogens (primary N) is 1. The third kappa shape index (κ3) is 7.07. The minimum atomic E-state index is -3.86. The fourth-order valence-corrected chi connectivity index (χ4v) is 5.54. The quantitative estimate of drug-likeness (QED) is 0.343. The van der Waals surface area contributed by atoms with Gasteiger partial charge in [0.05, 0.1) is 30.5 Å². The summed E-state index contributed by atoms with van der Waals surface area (Å²) in [6, 6.07) is 2.30. The van der Waals surface area contributed by atoms with E-state index in [4.69, 9.17) is 15.2 Å². The summed E-state index contributed by atoms with van der Waals surface area (Å²) >= 11 is 0. The van der Waals surface area contributed by atoms with Crippen LogP contribution < -0.4 is 20.5 Å². The van der Waals surface area contributed by atoms with Crippen LogP contribution in [0.5, 0.6) is 5.75 Å². The van der Waals surface area contributed by atoms with Crippen molar-refractivity contribution in [2.24, 2.45) is 0 Å². The average molecular weight is 530 g/mol. The van der Waals surface area contributed by atoms with Gasteiger partial charge in [0.15, 0.2) is 0 Å². The average Bonchev–Trinajstić information content (AvgIpc) is 3.39. The molecule has 1 aromatic carbocycles. The van der Waals surface area contributed by atoms with Gasteiger partial charge in [-0.2, -0.15) is 0 Å². The number of carbonyl (C=O) groups excluding carboxylic acids is 2. The number of nitrogens with zero attached hydrogens (tertiary/aromatic N) is 2. The molecule has 12 nitrogen and oxygen atoms in total. The van der Waals surface area contributed by atoms with Gasteiger partial charge in [-0.25, -0.2) is 13.1 Å². The number of sulfonamides is 1. The number of methoxy groups -OCH3 is 2. The molecule has 2 unspecified atom stereocenters. The Kier molecular flexibility index (Phi) is 10.9. The highest BCUT2D eigenvalue weighted by Gasteiger charge is 2.32. The third-order valence-electron chi connectivity index (χ3n) is 6.72. The second-order valence-corrected chi connectivity index (χ2v) is 10.8. The lowest BCUT2D eigenvalue weighted by molar-refractivity contribution is -0.130. The maximum absolute atomic E-state index is 13.1. The van der Waals surface area contributed by atoms with E-state index in [-0.39, 0.29) is 45.4 Å². The van der Waals surface area contributed by atoms with Crippen molar-refractivity contribution in [2.75, 3.05) is 59.7 Å². The summed E-state index contributed by atoms with van der Waals surface area (Å²) in [7, 11) is 0.415. The molecular formula is C23H39N5O7S. The number of rotatable bonds is 10. The monoisotopic (exact) mass is 529 g/mol. The molecule has 0 aliphatic carbocycles. The first-order valence-corrected chi connectivity index (χ1v) is 13.4. The summed E-state index contributed by atoms with van der Waals surface area (Å²) in [5, 5.41) is 2.97. The summed E-state index contributed by atoms with van der Waals surface area (Å²) in [6.07, 6.45) is 3.92. The third-order valence-corrected chi connectivity index (χ3v) is 8.19. The van der Waals surface area contributed by atoms with Gasteiger partial charge in [0, 0.05) is 45.8 Å². The maximum Gasteiger partial charge on any atom is 0.255 e. The van der Waals surface area contributed by atoms with Gasteiger partial charge in [0.1, 0.15) is 10.6 Å². The van der Waals surface area contributed by atoms with Crippen molar-refractivity contribution in [2.45, 2.75) is 49.1 Å². The van der Waals surface area contributed by atoms with Crippen LogP contribution in [0.3, 0.4) is 0 Å². The van der Waals surface area contributed by atoms with Crippen molar-refractivity contribution >= 4 is 27.5 Å². The van der Waals surface area contributed by atoms with Crippen LogP contribution in [0.25, 0.3) is 0 Å². The smallest absolute Gasteiger partial charge is 0.255 e. The second-order valence-electron chi connectivity index (χ2n) is 8.93. The zero-order valence-corrected chi connectivity index (χ0v) is 22.0. The lowest BCUT2D eigenvalue weighted by Gasteiger charge is -2.38. The van der Waals surface area contributed by atoms with Crippen LogP contribution in [-0.4, -0.2) is 102 Å². The zero-order chi connectivity index (χ0) is 25.6. The molecule has 13 heteroatoms. The molecule has 1 aromatic rings. The predicted molar refractivity (Wildman–Crippen MR) is 135 cm³/mol. The number of ether oxygens (including phenoxy) is 2. The van der Waals surface area contributed by atoms with Gasteiger partial charge >= 0.3 is 0 Å². The molecule has 2 aliphatic rings. The molecule has 2 amide bonds. The van der Waals surface area contributed by atoms with E-state index < -0.39 is 15.9 Å². The Hall–Kier alpha value is -2.45. The molecule has 2 saturated heterocycles. The first-order chi connectivity index (χ1) is 16.7. The van der Waals surface area contributed by atoms with E-state index in [9.17, 15) is 18.0 Å². The normalized spacial score (nSPS) is 20.6. The number of likely N-dealkylation sites (tertiary alicyclic amines) is 2. The van der Waals surface area contributed by atoms with Crippen molar-refractivity contribution in [1.82, 2.24) is 19.8 Å². The number of benzene rings is 1. The Morgan fingerprint density at radius 2 is 1.86 bits per heavy atom. The molecule has 2 aliphatic heterocycles. The number of hydrogen-bond donors (Lipinski definition) is 3. The number of amides is 2. The number of piperidine rings is 1. The van der Waals surface area contributed by atoms with Crippen LogP contribution in [-0.2, 0) is 19.6 Å². The second kappa shape index (κ2) is 13.2. The largest absolute Gasteiger partial charge is 0.496 e. The molecule has 0 radical (unpaired) electrons. The first kappa shape index (κ1) is 29.8. The van der Waals surface area contributed by atoms with E-state index in [1.54, 1.807) is 7.11 Å². The fourth-order valence-electron chi connectivity index (χ4n) is 4.68. The fraction of sp³-hybridized carbons (Fsp3) is 0.652. The molecule has 2 fully saturated rings. The number of hydrogen-bond acceptors (Lipinski definition) is 8. The maximum atomic E-state index is 13.1. The van der Waals surface area contributed by atoms with E-state index in [2.05, 4.69) is 14.9 Å². The molecule has 204 valence electrons. The Morgan fingerprint density at radius 1 is 1.17 bits per heavy atom. The molecular weight excluding hydrogens is 490 g/mol. The molecule has 3 rings (SSSR count). The molecule has 36 heavy (non-hydrogen) atoms. The van der Waals surface area contributed by atoms with Crippen LogP contribution >= 0.6 is 0 Å². The molecule has 6 N–H and O–H groups in total. The lowest BCUT2D eigenvalue weighted by atomic mass is 10.0. The van der Waals surface area contributed by atoms with E-state index in [0.29, 0.717) is 19.4 Å². The molecule has 0 bridgehead atoms. The Labute approximate surface area is 212 Å². The molecule has 0 spiro atoms.